The summed E-state index contributed by atoms with van der Waals surface area (Å²) in [5.74, 6) is 1.10. The van der Waals surface area contributed by atoms with Crippen LogP contribution in [-0.2, 0) is 0 Å². The molecule has 2 unspecified atom stereocenters. The summed E-state index contributed by atoms with van der Waals surface area (Å²) in [7, 11) is 0. The third kappa shape index (κ3) is 0.863. The third-order valence-corrected chi connectivity index (χ3v) is 3.85. The Morgan fingerprint density at radius 3 is 3.07 bits per heavy atom. The smallest absolute Gasteiger partial charge is 0.139 e. The van der Waals surface area contributed by atoms with Crippen molar-refractivity contribution in [2.75, 3.05) is 0 Å². The van der Waals surface area contributed by atoms with E-state index >= 15 is 0 Å². The van der Waals surface area contributed by atoms with Gasteiger partial charge in [0.05, 0.1) is 5.69 Å². The SMILES string of the molecule is Fc1ccc2nc3c(n2c1)C1CCC3C1. The standard InChI is InChI=1S/C12H11FN2/c13-9-3-4-10-14-11-7-1-2-8(5-7)12(11)15(10)6-9/h3-4,6-8H,1-2,5H2. The summed E-state index contributed by atoms with van der Waals surface area (Å²) in [6, 6.07) is 3.26. The number of fused-ring (bicyclic) bond motifs is 7. The van der Waals surface area contributed by atoms with E-state index in [9.17, 15) is 4.39 Å². The van der Waals surface area contributed by atoms with Crippen molar-refractivity contribution in [3.63, 3.8) is 0 Å². The van der Waals surface area contributed by atoms with Crippen LogP contribution in [0.2, 0.25) is 0 Å². The van der Waals surface area contributed by atoms with E-state index < -0.39 is 0 Å². The number of halogens is 1. The highest BCUT2D eigenvalue weighted by Gasteiger charge is 2.40. The van der Waals surface area contributed by atoms with Crippen molar-refractivity contribution in [3.05, 3.63) is 35.5 Å². The Kier molecular flexibility index (Phi) is 1.26. The first-order valence-electron chi connectivity index (χ1n) is 5.50. The van der Waals surface area contributed by atoms with E-state index in [0.717, 1.165) is 5.65 Å². The first-order chi connectivity index (χ1) is 7.33. The number of aromatic nitrogens is 2. The summed E-state index contributed by atoms with van der Waals surface area (Å²) in [4.78, 5) is 4.61. The summed E-state index contributed by atoms with van der Waals surface area (Å²) in [6.07, 6.45) is 5.32. The molecule has 4 rings (SSSR count). The van der Waals surface area contributed by atoms with Crippen LogP contribution in [0.25, 0.3) is 5.65 Å². The molecule has 2 atom stereocenters. The fourth-order valence-corrected chi connectivity index (χ4v) is 3.24. The second-order valence-corrected chi connectivity index (χ2v) is 4.66. The van der Waals surface area contributed by atoms with Gasteiger partial charge in [0.1, 0.15) is 11.5 Å². The van der Waals surface area contributed by atoms with Crippen LogP contribution in [0.4, 0.5) is 4.39 Å². The molecule has 0 aromatic carbocycles. The molecule has 3 heteroatoms. The minimum absolute atomic E-state index is 0.175. The monoisotopic (exact) mass is 202 g/mol. The maximum Gasteiger partial charge on any atom is 0.139 e. The fourth-order valence-electron chi connectivity index (χ4n) is 3.24. The van der Waals surface area contributed by atoms with Crippen LogP contribution in [0, 0.1) is 5.82 Å². The van der Waals surface area contributed by atoms with Crippen LogP contribution in [0.5, 0.6) is 0 Å². The predicted octanol–water partition coefficient (Wildman–Crippen LogP) is 2.84. The molecule has 2 aliphatic carbocycles. The molecule has 2 aromatic heterocycles. The van der Waals surface area contributed by atoms with E-state index in [1.54, 1.807) is 12.3 Å². The van der Waals surface area contributed by atoms with E-state index in [4.69, 9.17) is 0 Å². The Balaban J connectivity index is 2.10. The van der Waals surface area contributed by atoms with Crippen LogP contribution in [0.3, 0.4) is 0 Å². The van der Waals surface area contributed by atoms with Gasteiger partial charge < -0.3 is 4.40 Å². The van der Waals surface area contributed by atoms with Crippen molar-refractivity contribution >= 4 is 5.65 Å². The summed E-state index contributed by atoms with van der Waals surface area (Å²) in [6.45, 7) is 0. The number of hydrogen-bond acceptors (Lipinski definition) is 1. The average Bonchev–Trinajstić information content (AvgIpc) is 2.85. The van der Waals surface area contributed by atoms with E-state index in [-0.39, 0.29) is 5.82 Å². The van der Waals surface area contributed by atoms with Gasteiger partial charge in [0.15, 0.2) is 0 Å². The average molecular weight is 202 g/mol. The van der Waals surface area contributed by atoms with Crippen LogP contribution in [0.1, 0.15) is 42.5 Å². The molecule has 2 nitrogen and oxygen atoms in total. The molecule has 1 saturated carbocycles. The molecule has 2 aromatic rings. The Bertz CT molecular complexity index is 558. The lowest BCUT2D eigenvalue weighted by molar-refractivity contribution is 0.613. The van der Waals surface area contributed by atoms with Gasteiger partial charge in [-0.3, -0.25) is 0 Å². The van der Waals surface area contributed by atoms with Gasteiger partial charge in [0, 0.05) is 23.7 Å². The lowest BCUT2D eigenvalue weighted by Crippen LogP contribution is -1.99. The summed E-state index contributed by atoms with van der Waals surface area (Å²) >= 11 is 0. The largest absolute Gasteiger partial charge is 0.301 e. The molecule has 76 valence electrons. The molecular weight excluding hydrogens is 191 g/mol. The van der Waals surface area contributed by atoms with Crippen molar-refractivity contribution < 1.29 is 4.39 Å². The summed E-state index contributed by atoms with van der Waals surface area (Å²) < 4.78 is 15.1. The first kappa shape index (κ1) is 7.85. The lowest BCUT2D eigenvalue weighted by Gasteiger charge is -2.09. The molecule has 1 fully saturated rings. The Morgan fingerprint density at radius 2 is 2.13 bits per heavy atom. The normalized spacial score (nSPS) is 27.5. The molecule has 0 spiro atoms. The number of imidazole rings is 1. The number of pyridine rings is 1. The van der Waals surface area contributed by atoms with Crippen LogP contribution in [0.15, 0.2) is 18.3 Å². The highest BCUT2D eigenvalue weighted by atomic mass is 19.1. The van der Waals surface area contributed by atoms with E-state index in [0.29, 0.717) is 11.8 Å². The van der Waals surface area contributed by atoms with Gasteiger partial charge in [-0.25, -0.2) is 9.37 Å². The lowest BCUT2D eigenvalue weighted by atomic mass is 10.0. The molecule has 2 aliphatic rings. The van der Waals surface area contributed by atoms with Crippen molar-refractivity contribution in [1.29, 1.82) is 0 Å². The summed E-state index contributed by atoms with van der Waals surface area (Å²) in [5.41, 5.74) is 3.41. The first-order valence-corrected chi connectivity index (χ1v) is 5.50. The number of hydrogen-bond donors (Lipinski definition) is 0. The van der Waals surface area contributed by atoms with E-state index in [1.165, 1.54) is 36.7 Å². The van der Waals surface area contributed by atoms with Crippen molar-refractivity contribution in [1.82, 2.24) is 9.38 Å². The van der Waals surface area contributed by atoms with Gasteiger partial charge in [0.2, 0.25) is 0 Å². The molecule has 0 aliphatic heterocycles. The minimum atomic E-state index is -0.175. The van der Waals surface area contributed by atoms with Gasteiger partial charge in [-0.15, -0.1) is 0 Å². The molecule has 0 radical (unpaired) electrons. The zero-order valence-electron chi connectivity index (χ0n) is 8.28. The number of nitrogens with zero attached hydrogens (tertiary/aromatic N) is 2. The number of rotatable bonds is 0. The van der Waals surface area contributed by atoms with Gasteiger partial charge in [-0.05, 0) is 31.4 Å². The predicted molar refractivity (Wildman–Crippen MR) is 54.5 cm³/mol. The second-order valence-electron chi connectivity index (χ2n) is 4.66. The third-order valence-electron chi connectivity index (χ3n) is 3.85. The van der Waals surface area contributed by atoms with Crippen molar-refractivity contribution in [2.24, 2.45) is 0 Å². The maximum absolute atomic E-state index is 13.2. The topological polar surface area (TPSA) is 17.3 Å². The van der Waals surface area contributed by atoms with Gasteiger partial charge in [0.25, 0.3) is 0 Å². The van der Waals surface area contributed by atoms with E-state index in [2.05, 4.69) is 4.98 Å². The molecule has 15 heavy (non-hydrogen) atoms. The Labute approximate surface area is 86.7 Å². The van der Waals surface area contributed by atoms with Crippen molar-refractivity contribution in [3.8, 4) is 0 Å². The van der Waals surface area contributed by atoms with E-state index in [1.807, 2.05) is 4.40 Å². The molecule has 2 bridgehead atoms. The van der Waals surface area contributed by atoms with Crippen LogP contribution < -0.4 is 0 Å². The zero-order chi connectivity index (χ0) is 9.99. The Morgan fingerprint density at radius 1 is 1.27 bits per heavy atom. The molecule has 0 amide bonds. The fraction of sp³-hybridized carbons (Fsp3) is 0.417. The highest BCUT2D eigenvalue weighted by molar-refractivity contribution is 5.48. The minimum Gasteiger partial charge on any atom is -0.301 e. The quantitative estimate of drug-likeness (QED) is 0.642. The van der Waals surface area contributed by atoms with Crippen molar-refractivity contribution in [2.45, 2.75) is 31.1 Å². The van der Waals surface area contributed by atoms with Gasteiger partial charge in [-0.2, -0.15) is 0 Å². The molecular formula is C12H11FN2. The Hall–Kier alpha value is -1.38. The molecule has 0 N–H and O–H groups in total. The highest BCUT2D eigenvalue weighted by Crippen LogP contribution is 2.52. The molecule has 2 heterocycles. The van der Waals surface area contributed by atoms with Gasteiger partial charge in [-0.1, -0.05) is 0 Å². The van der Waals surface area contributed by atoms with Crippen LogP contribution >= 0.6 is 0 Å². The second kappa shape index (κ2) is 2.40. The zero-order valence-corrected chi connectivity index (χ0v) is 8.28. The molecule has 0 saturated heterocycles. The summed E-state index contributed by atoms with van der Waals surface area (Å²) in [5, 5.41) is 0. The van der Waals surface area contributed by atoms with Gasteiger partial charge >= 0.3 is 0 Å². The maximum atomic E-state index is 13.2. The van der Waals surface area contributed by atoms with Crippen LogP contribution in [-0.4, -0.2) is 9.38 Å².